The molecule has 1 fully saturated rings. The largest absolute Gasteiger partial charge is 0.355 e. The van der Waals surface area contributed by atoms with E-state index in [9.17, 15) is 4.79 Å². The lowest BCUT2D eigenvalue weighted by Gasteiger charge is -2.26. The summed E-state index contributed by atoms with van der Waals surface area (Å²) in [5, 5.41) is 10.6. The lowest BCUT2D eigenvalue weighted by molar-refractivity contribution is -0.125. The lowest BCUT2D eigenvalue weighted by Crippen LogP contribution is -2.43. The van der Waals surface area contributed by atoms with E-state index in [2.05, 4.69) is 22.7 Å². The van der Waals surface area contributed by atoms with Crippen LogP contribution in [0.25, 0.3) is 0 Å². The second kappa shape index (κ2) is 6.00. The summed E-state index contributed by atoms with van der Waals surface area (Å²) < 4.78 is 1.78. The van der Waals surface area contributed by atoms with Gasteiger partial charge in [0.2, 0.25) is 5.91 Å². The fourth-order valence-electron chi connectivity index (χ4n) is 2.41. The third-order valence-corrected chi connectivity index (χ3v) is 3.39. The lowest BCUT2D eigenvalue weighted by atomic mass is 9.91. The SMILES string of the molecule is CC1CNCC(C(=O)NCCc2ccn(C)n2)C1. The van der Waals surface area contributed by atoms with Crippen molar-refractivity contribution in [3.8, 4) is 0 Å². The Morgan fingerprint density at radius 3 is 3.11 bits per heavy atom. The van der Waals surface area contributed by atoms with Gasteiger partial charge in [0.1, 0.15) is 0 Å². The predicted octanol–water partition coefficient (Wildman–Crippen LogP) is 0.324. The highest BCUT2D eigenvalue weighted by atomic mass is 16.1. The average molecular weight is 250 g/mol. The summed E-state index contributed by atoms with van der Waals surface area (Å²) in [5.41, 5.74) is 1.02. The van der Waals surface area contributed by atoms with Crippen LogP contribution in [-0.2, 0) is 18.3 Å². The van der Waals surface area contributed by atoms with Crippen LogP contribution in [0.1, 0.15) is 19.0 Å². The number of aryl methyl sites for hydroxylation is 1. The molecule has 0 aromatic carbocycles. The maximum atomic E-state index is 12.0. The quantitative estimate of drug-likeness (QED) is 0.809. The van der Waals surface area contributed by atoms with Crippen LogP contribution in [0.3, 0.4) is 0 Å². The van der Waals surface area contributed by atoms with E-state index in [1.165, 1.54) is 0 Å². The molecule has 2 heterocycles. The zero-order chi connectivity index (χ0) is 13.0. The first-order valence-electron chi connectivity index (χ1n) is 6.62. The van der Waals surface area contributed by atoms with Crippen molar-refractivity contribution in [3.05, 3.63) is 18.0 Å². The highest BCUT2D eigenvalue weighted by Crippen LogP contribution is 2.15. The molecule has 2 N–H and O–H groups in total. The summed E-state index contributed by atoms with van der Waals surface area (Å²) in [4.78, 5) is 12.0. The van der Waals surface area contributed by atoms with Crippen molar-refractivity contribution < 1.29 is 4.79 Å². The number of nitrogens with one attached hydrogen (secondary N) is 2. The number of carbonyl (C=O) groups is 1. The molecule has 1 saturated heterocycles. The Kier molecular flexibility index (Phi) is 4.36. The molecule has 5 nitrogen and oxygen atoms in total. The normalized spacial score (nSPS) is 23.9. The second-order valence-electron chi connectivity index (χ2n) is 5.22. The van der Waals surface area contributed by atoms with Crippen LogP contribution in [0.5, 0.6) is 0 Å². The molecular weight excluding hydrogens is 228 g/mol. The van der Waals surface area contributed by atoms with Gasteiger partial charge in [-0.25, -0.2) is 0 Å². The third-order valence-electron chi connectivity index (χ3n) is 3.39. The Balaban J connectivity index is 1.71. The van der Waals surface area contributed by atoms with Crippen molar-refractivity contribution >= 4 is 5.91 Å². The molecule has 1 amide bonds. The Hall–Kier alpha value is -1.36. The fraction of sp³-hybridized carbons (Fsp3) is 0.692. The second-order valence-corrected chi connectivity index (χ2v) is 5.22. The van der Waals surface area contributed by atoms with E-state index in [1.54, 1.807) is 4.68 Å². The van der Waals surface area contributed by atoms with Gasteiger partial charge in [0, 0.05) is 32.8 Å². The van der Waals surface area contributed by atoms with Gasteiger partial charge in [0.25, 0.3) is 0 Å². The molecule has 2 atom stereocenters. The standard InChI is InChI=1S/C13H22N4O/c1-10-7-11(9-14-8-10)13(18)15-5-3-12-4-6-17(2)16-12/h4,6,10-11,14H,3,5,7-9H2,1-2H3,(H,15,18). The molecule has 18 heavy (non-hydrogen) atoms. The summed E-state index contributed by atoms with van der Waals surface area (Å²) in [5.74, 6) is 0.882. The Labute approximate surface area is 108 Å². The van der Waals surface area contributed by atoms with E-state index in [-0.39, 0.29) is 11.8 Å². The zero-order valence-electron chi connectivity index (χ0n) is 11.1. The van der Waals surface area contributed by atoms with Gasteiger partial charge in [-0.1, -0.05) is 6.92 Å². The van der Waals surface area contributed by atoms with Gasteiger partial charge in [0.05, 0.1) is 11.6 Å². The molecule has 5 heteroatoms. The molecule has 2 rings (SSSR count). The third kappa shape index (κ3) is 3.57. The summed E-state index contributed by atoms with van der Waals surface area (Å²) in [6.07, 6.45) is 3.70. The van der Waals surface area contributed by atoms with Gasteiger partial charge >= 0.3 is 0 Å². The maximum absolute atomic E-state index is 12.0. The molecule has 1 aliphatic heterocycles. The van der Waals surface area contributed by atoms with Crippen molar-refractivity contribution in [2.24, 2.45) is 18.9 Å². The van der Waals surface area contributed by atoms with Gasteiger partial charge in [-0.2, -0.15) is 5.10 Å². The van der Waals surface area contributed by atoms with Crippen LogP contribution in [0.4, 0.5) is 0 Å². The number of nitrogens with zero attached hydrogens (tertiary/aromatic N) is 2. The molecule has 0 saturated carbocycles. The van der Waals surface area contributed by atoms with Gasteiger partial charge in [-0.15, -0.1) is 0 Å². The van der Waals surface area contributed by atoms with Crippen molar-refractivity contribution in [2.75, 3.05) is 19.6 Å². The minimum Gasteiger partial charge on any atom is -0.355 e. The van der Waals surface area contributed by atoms with Crippen LogP contribution in [0.15, 0.2) is 12.3 Å². The molecular formula is C13H22N4O. The van der Waals surface area contributed by atoms with Crippen molar-refractivity contribution in [2.45, 2.75) is 19.8 Å². The summed E-state index contributed by atoms with van der Waals surface area (Å²) in [6.45, 7) is 4.68. The Morgan fingerprint density at radius 1 is 1.61 bits per heavy atom. The van der Waals surface area contributed by atoms with Crippen molar-refractivity contribution in [1.29, 1.82) is 0 Å². The van der Waals surface area contributed by atoms with Gasteiger partial charge in [0.15, 0.2) is 0 Å². The fourth-order valence-corrected chi connectivity index (χ4v) is 2.41. The zero-order valence-corrected chi connectivity index (χ0v) is 11.1. The van der Waals surface area contributed by atoms with Crippen molar-refractivity contribution in [3.63, 3.8) is 0 Å². The van der Waals surface area contributed by atoms with Crippen LogP contribution >= 0.6 is 0 Å². The smallest absolute Gasteiger partial charge is 0.224 e. The summed E-state index contributed by atoms with van der Waals surface area (Å²) >= 11 is 0. The number of aromatic nitrogens is 2. The highest BCUT2D eigenvalue weighted by Gasteiger charge is 2.24. The maximum Gasteiger partial charge on any atom is 0.224 e. The summed E-state index contributed by atoms with van der Waals surface area (Å²) in [7, 11) is 1.90. The molecule has 0 radical (unpaired) electrons. The molecule has 1 aliphatic rings. The summed E-state index contributed by atoms with van der Waals surface area (Å²) in [6, 6.07) is 1.98. The van der Waals surface area contributed by atoms with E-state index < -0.39 is 0 Å². The molecule has 2 unspecified atom stereocenters. The topological polar surface area (TPSA) is 59.0 Å². The number of carbonyl (C=O) groups excluding carboxylic acids is 1. The van der Waals surface area contributed by atoms with Crippen molar-refractivity contribution in [1.82, 2.24) is 20.4 Å². The molecule has 0 spiro atoms. The van der Waals surface area contributed by atoms with Gasteiger partial charge < -0.3 is 10.6 Å². The van der Waals surface area contributed by atoms with Crippen LogP contribution < -0.4 is 10.6 Å². The molecule has 0 bridgehead atoms. The highest BCUT2D eigenvalue weighted by molar-refractivity contribution is 5.79. The Morgan fingerprint density at radius 2 is 2.44 bits per heavy atom. The number of rotatable bonds is 4. The van der Waals surface area contributed by atoms with E-state index in [4.69, 9.17) is 0 Å². The van der Waals surface area contributed by atoms with Gasteiger partial charge in [-0.05, 0) is 24.9 Å². The van der Waals surface area contributed by atoms with E-state index in [0.717, 1.165) is 31.6 Å². The van der Waals surface area contributed by atoms with Crippen LogP contribution in [-0.4, -0.2) is 35.3 Å². The number of piperidine rings is 1. The monoisotopic (exact) mass is 250 g/mol. The van der Waals surface area contributed by atoms with E-state index >= 15 is 0 Å². The minimum absolute atomic E-state index is 0.123. The van der Waals surface area contributed by atoms with E-state index in [1.807, 2.05) is 19.3 Å². The van der Waals surface area contributed by atoms with Crippen LogP contribution in [0.2, 0.25) is 0 Å². The first kappa shape index (κ1) is 13.1. The molecule has 1 aromatic rings. The predicted molar refractivity (Wildman–Crippen MR) is 70.1 cm³/mol. The molecule has 1 aromatic heterocycles. The number of amides is 1. The minimum atomic E-state index is 0.123. The molecule has 100 valence electrons. The average Bonchev–Trinajstić information content (AvgIpc) is 2.75. The number of hydrogen-bond donors (Lipinski definition) is 2. The van der Waals surface area contributed by atoms with Gasteiger partial charge in [-0.3, -0.25) is 9.48 Å². The first-order valence-corrected chi connectivity index (χ1v) is 6.62. The van der Waals surface area contributed by atoms with Crippen LogP contribution in [0, 0.1) is 11.8 Å². The Bertz CT molecular complexity index is 401. The molecule has 0 aliphatic carbocycles. The first-order chi connectivity index (χ1) is 8.65. The number of hydrogen-bond acceptors (Lipinski definition) is 3. The van der Waals surface area contributed by atoms with E-state index in [0.29, 0.717) is 12.5 Å².